The Morgan fingerprint density at radius 1 is 1.26 bits per heavy atom. The predicted octanol–water partition coefficient (Wildman–Crippen LogP) is 4.01. The Morgan fingerprint density at radius 3 is 2.47 bits per heavy atom. The number of aliphatic hydroxyl groups excluding tert-OH is 1. The highest BCUT2D eigenvalue weighted by atomic mass is 19.4. The van der Waals surface area contributed by atoms with Crippen molar-refractivity contribution in [2.75, 3.05) is 6.61 Å². The van der Waals surface area contributed by atoms with Gasteiger partial charge in [-0.15, -0.1) is 0 Å². The van der Waals surface area contributed by atoms with Crippen LogP contribution >= 0.6 is 0 Å². The quantitative estimate of drug-likeness (QED) is 0.795. The maximum Gasteiger partial charge on any atom is 0.419 e. The summed E-state index contributed by atoms with van der Waals surface area (Å²) in [7, 11) is 0. The number of hydrogen-bond donors (Lipinski definition) is 1. The highest BCUT2D eigenvalue weighted by molar-refractivity contribution is 5.39. The summed E-state index contributed by atoms with van der Waals surface area (Å²) in [4.78, 5) is 0. The zero-order chi connectivity index (χ0) is 14.5. The third-order valence-electron chi connectivity index (χ3n) is 2.72. The lowest BCUT2D eigenvalue weighted by Gasteiger charge is -2.15. The van der Waals surface area contributed by atoms with Crippen LogP contribution in [0.3, 0.4) is 0 Å². The van der Waals surface area contributed by atoms with Gasteiger partial charge in [0, 0.05) is 0 Å². The molecule has 1 rings (SSSR count). The normalized spacial score (nSPS) is 11.9. The molecule has 0 aromatic heterocycles. The second kappa shape index (κ2) is 6.80. The molecule has 2 nitrogen and oxygen atoms in total. The van der Waals surface area contributed by atoms with Crippen molar-refractivity contribution < 1.29 is 23.0 Å². The molecule has 19 heavy (non-hydrogen) atoms. The van der Waals surface area contributed by atoms with E-state index in [1.165, 1.54) is 12.1 Å². The van der Waals surface area contributed by atoms with Crippen molar-refractivity contribution in [3.05, 3.63) is 29.3 Å². The fraction of sp³-hybridized carbons (Fsp3) is 0.571. The molecule has 0 fully saturated rings. The predicted molar refractivity (Wildman–Crippen MR) is 66.9 cm³/mol. The second-order valence-electron chi connectivity index (χ2n) is 4.87. The summed E-state index contributed by atoms with van der Waals surface area (Å²) in [6.45, 7) is 3.95. The second-order valence-corrected chi connectivity index (χ2v) is 4.87. The van der Waals surface area contributed by atoms with Gasteiger partial charge in [-0.25, -0.2) is 0 Å². The van der Waals surface area contributed by atoms with Gasteiger partial charge in [0.2, 0.25) is 0 Å². The van der Waals surface area contributed by atoms with Crippen molar-refractivity contribution in [3.8, 4) is 5.75 Å². The lowest BCUT2D eigenvalue weighted by Crippen LogP contribution is -2.10. The van der Waals surface area contributed by atoms with Crippen molar-refractivity contribution in [1.29, 1.82) is 0 Å². The summed E-state index contributed by atoms with van der Waals surface area (Å²) >= 11 is 0. The standard InChI is InChI=1S/C14H19F3O2/c1-10(2)4-3-7-19-13-6-5-11(9-18)8-12(13)14(15,16)17/h5-6,8,10,18H,3-4,7,9H2,1-2H3. The van der Waals surface area contributed by atoms with Crippen LogP contribution in [0.4, 0.5) is 13.2 Å². The van der Waals surface area contributed by atoms with Gasteiger partial charge in [0.25, 0.3) is 0 Å². The molecule has 0 bridgehead atoms. The third-order valence-corrected chi connectivity index (χ3v) is 2.72. The molecule has 0 saturated carbocycles. The molecular formula is C14H19F3O2. The van der Waals surface area contributed by atoms with E-state index in [1.807, 2.05) is 0 Å². The van der Waals surface area contributed by atoms with Crippen LogP contribution in [-0.2, 0) is 12.8 Å². The minimum Gasteiger partial charge on any atom is -0.493 e. The lowest BCUT2D eigenvalue weighted by molar-refractivity contribution is -0.139. The topological polar surface area (TPSA) is 29.5 Å². The number of alkyl halides is 3. The highest BCUT2D eigenvalue weighted by Crippen LogP contribution is 2.37. The molecule has 0 atom stereocenters. The first-order valence-electron chi connectivity index (χ1n) is 6.28. The maximum absolute atomic E-state index is 12.8. The van der Waals surface area contributed by atoms with Gasteiger partial charge < -0.3 is 9.84 Å². The van der Waals surface area contributed by atoms with E-state index in [0.29, 0.717) is 5.92 Å². The Labute approximate surface area is 111 Å². The number of aliphatic hydroxyl groups is 1. The number of ether oxygens (including phenoxy) is 1. The Balaban J connectivity index is 2.76. The smallest absolute Gasteiger partial charge is 0.419 e. The number of hydrogen-bond acceptors (Lipinski definition) is 2. The van der Waals surface area contributed by atoms with E-state index in [0.717, 1.165) is 18.9 Å². The molecule has 0 aliphatic carbocycles. The fourth-order valence-corrected chi connectivity index (χ4v) is 1.70. The SMILES string of the molecule is CC(C)CCCOc1ccc(CO)cc1C(F)(F)F. The number of benzene rings is 1. The molecule has 0 aliphatic rings. The molecule has 0 saturated heterocycles. The Morgan fingerprint density at radius 2 is 1.95 bits per heavy atom. The van der Waals surface area contributed by atoms with E-state index in [2.05, 4.69) is 13.8 Å². The summed E-state index contributed by atoms with van der Waals surface area (Å²) in [5, 5.41) is 8.89. The summed E-state index contributed by atoms with van der Waals surface area (Å²) < 4.78 is 43.7. The van der Waals surface area contributed by atoms with Gasteiger partial charge in [-0.05, 0) is 36.5 Å². The molecule has 5 heteroatoms. The molecule has 1 aromatic carbocycles. The van der Waals surface area contributed by atoms with Gasteiger partial charge >= 0.3 is 6.18 Å². The van der Waals surface area contributed by atoms with Gasteiger partial charge in [0.05, 0.1) is 18.8 Å². The minimum absolute atomic E-state index is 0.173. The zero-order valence-corrected chi connectivity index (χ0v) is 11.1. The number of halogens is 3. The Kier molecular flexibility index (Phi) is 5.66. The average molecular weight is 276 g/mol. The molecule has 0 unspecified atom stereocenters. The molecule has 0 radical (unpaired) electrons. The van der Waals surface area contributed by atoms with Crippen molar-refractivity contribution >= 4 is 0 Å². The largest absolute Gasteiger partial charge is 0.493 e. The number of rotatable bonds is 6. The minimum atomic E-state index is -4.47. The van der Waals surface area contributed by atoms with Gasteiger partial charge in [0.1, 0.15) is 5.75 Å². The average Bonchev–Trinajstić information content (AvgIpc) is 2.33. The van der Waals surface area contributed by atoms with E-state index in [4.69, 9.17) is 9.84 Å². The first kappa shape index (κ1) is 15.8. The molecule has 0 amide bonds. The van der Waals surface area contributed by atoms with E-state index < -0.39 is 18.3 Å². The van der Waals surface area contributed by atoms with Gasteiger partial charge in [-0.2, -0.15) is 13.2 Å². The van der Waals surface area contributed by atoms with E-state index in [9.17, 15) is 13.2 Å². The van der Waals surface area contributed by atoms with Crippen molar-refractivity contribution in [2.45, 2.75) is 39.5 Å². The molecule has 1 aromatic rings. The summed E-state index contributed by atoms with van der Waals surface area (Å²) in [5.41, 5.74) is -0.606. The third kappa shape index (κ3) is 5.11. The van der Waals surface area contributed by atoms with Crippen LogP contribution in [0, 0.1) is 5.92 Å². The highest BCUT2D eigenvalue weighted by Gasteiger charge is 2.34. The van der Waals surface area contributed by atoms with Crippen LogP contribution in [0.25, 0.3) is 0 Å². The van der Waals surface area contributed by atoms with E-state index in [1.54, 1.807) is 0 Å². The maximum atomic E-state index is 12.8. The van der Waals surface area contributed by atoms with Crippen molar-refractivity contribution in [3.63, 3.8) is 0 Å². The van der Waals surface area contributed by atoms with Gasteiger partial charge in [-0.1, -0.05) is 19.9 Å². The Hall–Kier alpha value is -1.23. The van der Waals surface area contributed by atoms with Crippen LogP contribution in [0.5, 0.6) is 5.75 Å². The van der Waals surface area contributed by atoms with Crippen molar-refractivity contribution in [1.82, 2.24) is 0 Å². The van der Waals surface area contributed by atoms with Crippen LogP contribution < -0.4 is 4.74 Å². The van der Waals surface area contributed by atoms with Crippen LogP contribution in [-0.4, -0.2) is 11.7 Å². The van der Waals surface area contributed by atoms with Crippen LogP contribution in [0.2, 0.25) is 0 Å². The first-order chi connectivity index (χ1) is 8.84. The molecule has 1 N–H and O–H groups in total. The summed E-state index contributed by atoms with van der Waals surface area (Å²) in [6.07, 6.45) is -2.84. The summed E-state index contributed by atoms with van der Waals surface area (Å²) in [5.74, 6) is 0.330. The van der Waals surface area contributed by atoms with Gasteiger partial charge in [0.15, 0.2) is 0 Å². The van der Waals surface area contributed by atoms with E-state index >= 15 is 0 Å². The Bertz CT molecular complexity index is 400. The van der Waals surface area contributed by atoms with Crippen molar-refractivity contribution in [2.24, 2.45) is 5.92 Å². The molecule has 0 aliphatic heterocycles. The van der Waals surface area contributed by atoms with E-state index in [-0.39, 0.29) is 17.9 Å². The first-order valence-corrected chi connectivity index (χ1v) is 6.28. The van der Waals surface area contributed by atoms with Gasteiger partial charge in [-0.3, -0.25) is 0 Å². The van der Waals surface area contributed by atoms with Crippen LogP contribution in [0.1, 0.15) is 37.8 Å². The molecule has 0 spiro atoms. The molecule has 108 valence electrons. The fourth-order valence-electron chi connectivity index (χ4n) is 1.70. The summed E-state index contributed by atoms with van der Waals surface area (Å²) in [6, 6.07) is 3.63. The monoisotopic (exact) mass is 276 g/mol. The molecular weight excluding hydrogens is 257 g/mol. The zero-order valence-electron chi connectivity index (χ0n) is 11.1. The molecule has 0 heterocycles. The lowest BCUT2D eigenvalue weighted by atomic mass is 10.1. The van der Waals surface area contributed by atoms with Crippen LogP contribution in [0.15, 0.2) is 18.2 Å².